The van der Waals surface area contributed by atoms with Crippen molar-refractivity contribution in [2.24, 2.45) is 5.14 Å². The van der Waals surface area contributed by atoms with E-state index < -0.39 is 31.2 Å². The van der Waals surface area contributed by atoms with Crippen molar-refractivity contribution in [1.29, 1.82) is 0 Å². The quantitative estimate of drug-likeness (QED) is 0.303. The Labute approximate surface area is 163 Å². The maximum absolute atomic E-state index is 12.9. The molecule has 2 heterocycles. The van der Waals surface area contributed by atoms with Gasteiger partial charge in [0, 0.05) is 12.7 Å². The minimum atomic E-state index is -4.04. The number of thiophene rings is 1. The van der Waals surface area contributed by atoms with Crippen LogP contribution in [0.2, 0.25) is 0 Å². The van der Waals surface area contributed by atoms with E-state index in [-0.39, 0.29) is 40.4 Å². The first-order valence-electron chi connectivity index (χ1n) is 7.99. The SMILES string of the molecule is C=CCOCC1CC(OCOCCOC)c2cc(S(N)(=O)=O)sc2S1(=O)=O. The number of hydrogen-bond donors (Lipinski definition) is 1. The predicted octanol–water partition coefficient (Wildman–Crippen LogP) is 0.822. The summed E-state index contributed by atoms with van der Waals surface area (Å²) < 4.78 is 69.9. The molecule has 0 saturated heterocycles. The minimum Gasteiger partial charge on any atom is -0.382 e. The van der Waals surface area contributed by atoms with Crippen LogP contribution in [0.4, 0.5) is 0 Å². The van der Waals surface area contributed by atoms with E-state index in [0.29, 0.717) is 24.6 Å². The van der Waals surface area contributed by atoms with Gasteiger partial charge in [0.2, 0.25) is 10.0 Å². The molecule has 1 aromatic heterocycles. The molecule has 154 valence electrons. The van der Waals surface area contributed by atoms with E-state index in [4.69, 9.17) is 24.1 Å². The molecule has 27 heavy (non-hydrogen) atoms. The highest BCUT2D eigenvalue weighted by atomic mass is 32.3. The molecule has 0 saturated carbocycles. The maximum Gasteiger partial charge on any atom is 0.247 e. The second-order valence-electron chi connectivity index (χ2n) is 5.76. The normalized spacial score (nSPS) is 21.7. The Morgan fingerprint density at radius 2 is 2.11 bits per heavy atom. The summed E-state index contributed by atoms with van der Waals surface area (Å²) in [7, 11) is -6.27. The number of ether oxygens (including phenoxy) is 4. The fraction of sp³-hybridized carbons (Fsp3) is 0.600. The summed E-state index contributed by atoms with van der Waals surface area (Å²) in [6, 6.07) is 1.26. The molecular weight excluding hydrogens is 418 g/mol. The van der Waals surface area contributed by atoms with Crippen molar-refractivity contribution in [3.8, 4) is 0 Å². The van der Waals surface area contributed by atoms with E-state index in [2.05, 4.69) is 6.58 Å². The molecule has 0 aromatic carbocycles. The standard InChI is InChI=1S/C15H23NO8S3/c1-3-4-22-9-11-7-13(24-10-23-6-5-21-2)12-8-14(27(16,19)20)25-15(12)26(11,17)18/h3,8,11,13H,1,4-7,9-10H2,2H3,(H2,16,19,20). The van der Waals surface area contributed by atoms with Gasteiger partial charge in [-0.25, -0.2) is 22.0 Å². The molecule has 0 aliphatic carbocycles. The molecule has 2 unspecified atom stereocenters. The van der Waals surface area contributed by atoms with Gasteiger partial charge in [-0.1, -0.05) is 6.08 Å². The van der Waals surface area contributed by atoms with E-state index >= 15 is 0 Å². The van der Waals surface area contributed by atoms with Gasteiger partial charge >= 0.3 is 0 Å². The number of fused-ring (bicyclic) bond motifs is 1. The third-order valence-electron chi connectivity index (χ3n) is 3.83. The van der Waals surface area contributed by atoms with Gasteiger partial charge in [0.25, 0.3) is 0 Å². The number of primary sulfonamides is 1. The average molecular weight is 442 g/mol. The van der Waals surface area contributed by atoms with E-state index in [1.54, 1.807) is 0 Å². The molecule has 12 heteroatoms. The third-order valence-corrected chi connectivity index (χ3v) is 9.10. The summed E-state index contributed by atoms with van der Waals surface area (Å²) >= 11 is 0.626. The Morgan fingerprint density at radius 3 is 2.74 bits per heavy atom. The van der Waals surface area contributed by atoms with Crippen molar-refractivity contribution in [3.05, 3.63) is 24.3 Å². The Bertz CT molecular complexity index is 846. The molecule has 9 nitrogen and oxygen atoms in total. The van der Waals surface area contributed by atoms with Crippen LogP contribution in [-0.4, -0.2) is 62.4 Å². The van der Waals surface area contributed by atoms with Crippen LogP contribution >= 0.6 is 11.3 Å². The Kier molecular flexibility index (Phi) is 7.94. The van der Waals surface area contributed by atoms with Gasteiger partial charge in [-0.15, -0.1) is 17.9 Å². The van der Waals surface area contributed by atoms with E-state index in [9.17, 15) is 16.8 Å². The minimum absolute atomic E-state index is 0.0548. The number of hydrogen-bond acceptors (Lipinski definition) is 9. The van der Waals surface area contributed by atoms with Gasteiger partial charge in [-0.2, -0.15) is 0 Å². The Balaban J connectivity index is 2.28. The van der Waals surface area contributed by atoms with Gasteiger partial charge in [0.1, 0.15) is 15.2 Å². The van der Waals surface area contributed by atoms with E-state index in [1.807, 2.05) is 0 Å². The number of rotatable bonds is 11. The number of methoxy groups -OCH3 is 1. The van der Waals surface area contributed by atoms with Gasteiger partial charge in [-0.3, -0.25) is 0 Å². The summed E-state index contributed by atoms with van der Waals surface area (Å²) in [5.74, 6) is 0. The van der Waals surface area contributed by atoms with Crippen LogP contribution < -0.4 is 5.14 Å². The zero-order valence-electron chi connectivity index (χ0n) is 14.8. The average Bonchev–Trinajstić information content (AvgIpc) is 3.05. The first kappa shape index (κ1) is 22.4. The molecule has 1 aliphatic heterocycles. The van der Waals surface area contributed by atoms with Crippen LogP contribution in [0, 0.1) is 0 Å². The number of nitrogens with two attached hydrogens (primary N) is 1. The highest BCUT2D eigenvalue weighted by Gasteiger charge is 2.42. The van der Waals surface area contributed by atoms with Gasteiger partial charge in [0.05, 0.1) is 37.8 Å². The summed E-state index contributed by atoms with van der Waals surface area (Å²) in [6.07, 6.45) is 0.971. The monoisotopic (exact) mass is 441 g/mol. The summed E-state index contributed by atoms with van der Waals surface area (Å²) in [4.78, 5) is 0. The van der Waals surface area contributed by atoms with Crippen LogP contribution in [0.15, 0.2) is 27.1 Å². The molecule has 0 spiro atoms. The van der Waals surface area contributed by atoms with Gasteiger partial charge < -0.3 is 18.9 Å². The molecule has 1 aromatic rings. The zero-order chi connectivity index (χ0) is 20.1. The molecule has 2 N–H and O–H groups in total. The lowest BCUT2D eigenvalue weighted by atomic mass is 10.1. The maximum atomic E-state index is 12.9. The molecule has 2 rings (SSSR count). The zero-order valence-corrected chi connectivity index (χ0v) is 17.3. The molecule has 2 atom stereocenters. The molecule has 0 fully saturated rings. The van der Waals surface area contributed by atoms with Crippen LogP contribution in [0.25, 0.3) is 0 Å². The van der Waals surface area contributed by atoms with E-state index in [0.717, 1.165) is 0 Å². The van der Waals surface area contributed by atoms with Crippen LogP contribution in [-0.2, 0) is 38.8 Å². The van der Waals surface area contributed by atoms with Crippen LogP contribution in [0.1, 0.15) is 18.1 Å². The predicted molar refractivity (Wildman–Crippen MR) is 98.8 cm³/mol. The highest BCUT2D eigenvalue weighted by Crippen LogP contribution is 2.44. The fourth-order valence-corrected chi connectivity index (χ4v) is 7.03. The topological polar surface area (TPSA) is 131 Å². The Morgan fingerprint density at radius 1 is 1.37 bits per heavy atom. The van der Waals surface area contributed by atoms with Crippen molar-refractivity contribution in [3.63, 3.8) is 0 Å². The number of sulfonamides is 1. The van der Waals surface area contributed by atoms with Crippen molar-refractivity contribution < 1.29 is 35.8 Å². The molecular formula is C15H23NO8S3. The summed E-state index contributed by atoms with van der Waals surface area (Å²) in [5.41, 5.74) is 0.277. The van der Waals surface area contributed by atoms with Gasteiger partial charge in [0.15, 0.2) is 9.84 Å². The summed E-state index contributed by atoms with van der Waals surface area (Å²) in [6.45, 7) is 4.28. The van der Waals surface area contributed by atoms with Crippen LogP contribution in [0.5, 0.6) is 0 Å². The van der Waals surface area contributed by atoms with Crippen molar-refractivity contribution >= 4 is 31.2 Å². The lowest BCUT2D eigenvalue weighted by molar-refractivity contribution is -0.103. The van der Waals surface area contributed by atoms with Gasteiger partial charge in [-0.05, 0) is 12.5 Å². The molecule has 1 aliphatic rings. The number of sulfone groups is 1. The lowest BCUT2D eigenvalue weighted by Crippen LogP contribution is -2.34. The lowest BCUT2D eigenvalue weighted by Gasteiger charge is -2.29. The third kappa shape index (κ3) is 5.57. The van der Waals surface area contributed by atoms with Crippen LogP contribution in [0.3, 0.4) is 0 Å². The van der Waals surface area contributed by atoms with E-state index in [1.165, 1.54) is 19.3 Å². The summed E-state index contributed by atoms with van der Waals surface area (Å²) in [5, 5.41) is 4.29. The second-order valence-corrected chi connectivity index (χ2v) is 11.0. The highest BCUT2D eigenvalue weighted by molar-refractivity contribution is 7.95. The first-order chi connectivity index (χ1) is 12.7. The largest absolute Gasteiger partial charge is 0.382 e. The fourth-order valence-electron chi connectivity index (χ4n) is 2.53. The second kappa shape index (κ2) is 9.56. The van der Waals surface area contributed by atoms with Crippen molar-refractivity contribution in [2.45, 2.75) is 26.2 Å². The van der Waals surface area contributed by atoms with Crippen molar-refractivity contribution in [1.82, 2.24) is 0 Å². The molecule has 0 amide bonds. The first-order valence-corrected chi connectivity index (χ1v) is 11.9. The molecule has 0 radical (unpaired) electrons. The smallest absolute Gasteiger partial charge is 0.247 e. The Hall–Kier alpha value is -0.860. The molecule has 0 bridgehead atoms. The van der Waals surface area contributed by atoms with Crippen molar-refractivity contribution in [2.75, 3.05) is 40.3 Å².